The standard InChI is InChI=1S/C18H19NO4/c1-2-3-12-23-14-10-8-13(9-11-14)19-17(20)15-6-4-5-7-16(15)18(21)22/h4-11H,2-3,12H2,1H3,(H,19,20)(H,21,22). The summed E-state index contributed by atoms with van der Waals surface area (Å²) in [6, 6.07) is 13.1. The zero-order valence-electron chi connectivity index (χ0n) is 12.9. The van der Waals surface area contributed by atoms with Crippen molar-refractivity contribution in [1.29, 1.82) is 0 Å². The van der Waals surface area contributed by atoms with Gasteiger partial charge in [-0.1, -0.05) is 25.5 Å². The van der Waals surface area contributed by atoms with Gasteiger partial charge in [-0.3, -0.25) is 4.79 Å². The van der Waals surface area contributed by atoms with Crippen LogP contribution in [0.2, 0.25) is 0 Å². The number of hydrogen-bond donors (Lipinski definition) is 2. The number of carbonyl (C=O) groups excluding carboxylic acids is 1. The molecule has 2 aromatic carbocycles. The van der Waals surface area contributed by atoms with Gasteiger partial charge in [0.05, 0.1) is 17.7 Å². The Kier molecular flexibility index (Phi) is 5.74. The van der Waals surface area contributed by atoms with Crippen LogP contribution in [0.1, 0.15) is 40.5 Å². The molecular weight excluding hydrogens is 294 g/mol. The zero-order chi connectivity index (χ0) is 16.7. The summed E-state index contributed by atoms with van der Waals surface area (Å²) < 4.78 is 5.55. The lowest BCUT2D eigenvalue weighted by Gasteiger charge is -2.09. The van der Waals surface area contributed by atoms with Crippen LogP contribution in [0.15, 0.2) is 48.5 Å². The van der Waals surface area contributed by atoms with E-state index in [1.54, 1.807) is 36.4 Å². The van der Waals surface area contributed by atoms with E-state index in [0.717, 1.165) is 18.6 Å². The number of rotatable bonds is 7. The molecule has 23 heavy (non-hydrogen) atoms. The Hall–Kier alpha value is -2.82. The quantitative estimate of drug-likeness (QED) is 0.762. The third kappa shape index (κ3) is 4.57. The first-order valence-corrected chi connectivity index (χ1v) is 7.48. The summed E-state index contributed by atoms with van der Waals surface area (Å²) in [6.07, 6.45) is 2.06. The summed E-state index contributed by atoms with van der Waals surface area (Å²) in [7, 11) is 0. The molecule has 0 heterocycles. The van der Waals surface area contributed by atoms with E-state index in [2.05, 4.69) is 12.2 Å². The van der Waals surface area contributed by atoms with Crippen molar-refractivity contribution in [2.24, 2.45) is 0 Å². The van der Waals surface area contributed by atoms with Crippen LogP contribution >= 0.6 is 0 Å². The summed E-state index contributed by atoms with van der Waals surface area (Å²) in [5, 5.41) is 11.8. The van der Waals surface area contributed by atoms with Gasteiger partial charge in [0.15, 0.2) is 0 Å². The first kappa shape index (κ1) is 16.5. The minimum atomic E-state index is -1.13. The molecule has 0 aliphatic carbocycles. The topological polar surface area (TPSA) is 75.6 Å². The second-order valence-electron chi connectivity index (χ2n) is 5.03. The first-order valence-electron chi connectivity index (χ1n) is 7.48. The number of amides is 1. The van der Waals surface area contributed by atoms with Crippen molar-refractivity contribution in [1.82, 2.24) is 0 Å². The normalized spacial score (nSPS) is 10.1. The van der Waals surface area contributed by atoms with Crippen LogP contribution in [0.5, 0.6) is 5.75 Å². The highest BCUT2D eigenvalue weighted by molar-refractivity contribution is 6.10. The molecule has 5 heteroatoms. The first-order chi connectivity index (χ1) is 11.1. The summed E-state index contributed by atoms with van der Waals surface area (Å²) in [5.41, 5.74) is 0.686. The van der Waals surface area contributed by atoms with Gasteiger partial charge in [-0.05, 0) is 42.8 Å². The molecule has 2 N–H and O–H groups in total. The maximum Gasteiger partial charge on any atom is 0.336 e. The van der Waals surface area contributed by atoms with Crippen molar-refractivity contribution in [2.45, 2.75) is 19.8 Å². The zero-order valence-corrected chi connectivity index (χ0v) is 12.9. The highest BCUT2D eigenvalue weighted by Crippen LogP contribution is 2.18. The number of hydrogen-bond acceptors (Lipinski definition) is 3. The maximum atomic E-state index is 12.2. The Labute approximate surface area is 134 Å². The van der Waals surface area contributed by atoms with Crippen LogP contribution in [-0.2, 0) is 0 Å². The fraction of sp³-hybridized carbons (Fsp3) is 0.222. The Morgan fingerprint density at radius 2 is 1.70 bits per heavy atom. The number of unbranched alkanes of at least 4 members (excludes halogenated alkanes) is 1. The van der Waals surface area contributed by atoms with Crippen LogP contribution in [0, 0.1) is 0 Å². The number of nitrogens with one attached hydrogen (secondary N) is 1. The summed E-state index contributed by atoms with van der Waals surface area (Å²) in [4.78, 5) is 23.4. The lowest BCUT2D eigenvalue weighted by atomic mass is 10.1. The van der Waals surface area contributed by atoms with Crippen LogP contribution in [-0.4, -0.2) is 23.6 Å². The Morgan fingerprint density at radius 3 is 2.30 bits per heavy atom. The van der Waals surface area contributed by atoms with E-state index in [0.29, 0.717) is 12.3 Å². The largest absolute Gasteiger partial charge is 0.494 e. The molecule has 0 aromatic heterocycles. The lowest BCUT2D eigenvalue weighted by molar-refractivity contribution is 0.0692. The molecule has 0 fully saturated rings. The van der Waals surface area contributed by atoms with Crippen LogP contribution < -0.4 is 10.1 Å². The summed E-state index contributed by atoms with van der Waals surface area (Å²) in [6.45, 7) is 2.76. The smallest absolute Gasteiger partial charge is 0.336 e. The Bertz CT molecular complexity index is 680. The molecule has 0 saturated carbocycles. The van der Waals surface area contributed by atoms with Gasteiger partial charge >= 0.3 is 5.97 Å². The number of carboxylic acids is 1. The molecule has 0 saturated heterocycles. The van der Waals surface area contributed by atoms with E-state index in [1.807, 2.05) is 0 Å². The van der Waals surface area contributed by atoms with Crippen molar-refractivity contribution in [2.75, 3.05) is 11.9 Å². The molecule has 0 aliphatic rings. The van der Waals surface area contributed by atoms with Crippen molar-refractivity contribution < 1.29 is 19.4 Å². The van der Waals surface area contributed by atoms with E-state index in [9.17, 15) is 9.59 Å². The van der Waals surface area contributed by atoms with E-state index >= 15 is 0 Å². The molecule has 0 spiro atoms. The van der Waals surface area contributed by atoms with Gasteiger partial charge in [0.2, 0.25) is 0 Å². The van der Waals surface area contributed by atoms with Crippen LogP contribution in [0.4, 0.5) is 5.69 Å². The Morgan fingerprint density at radius 1 is 1.04 bits per heavy atom. The summed E-state index contributed by atoms with van der Waals surface area (Å²) >= 11 is 0. The highest BCUT2D eigenvalue weighted by atomic mass is 16.5. The molecule has 0 atom stereocenters. The average molecular weight is 313 g/mol. The van der Waals surface area contributed by atoms with E-state index in [-0.39, 0.29) is 11.1 Å². The van der Waals surface area contributed by atoms with E-state index in [1.165, 1.54) is 12.1 Å². The number of aromatic carboxylic acids is 1. The highest BCUT2D eigenvalue weighted by Gasteiger charge is 2.15. The number of anilines is 1. The van der Waals surface area contributed by atoms with Crippen molar-refractivity contribution in [3.63, 3.8) is 0 Å². The van der Waals surface area contributed by atoms with Crippen LogP contribution in [0.25, 0.3) is 0 Å². The summed E-state index contributed by atoms with van der Waals surface area (Å²) in [5.74, 6) is -0.847. The second-order valence-corrected chi connectivity index (χ2v) is 5.03. The molecule has 2 aromatic rings. The number of carbonyl (C=O) groups is 2. The van der Waals surface area contributed by atoms with Gasteiger partial charge < -0.3 is 15.2 Å². The fourth-order valence-electron chi connectivity index (χ4n) is 2.03. The van der Waals surface area contributed by atoms with Gasteiger partial charge in [0, 0.05) is 5.69 Å². The molecule has 5 nitrogen and oxygen atoms in total. The van der Waals surface area contributed by atoms with Crippen molar-refractivity contribution in [3.05, 3.63) is 59.7 Å². The maximum absolute atomic E-state index is 12.2. The molecule has 0 unspecified atom stereocenters. The predicted octanol–water partition coefficient (Wildman–Crippen LogP) is 3.82. The van der Waals surface area contributed by atoms with Gasteiger partial charge in [0.25, 0.3) is 5.91 Å². The number of ether oxygens (including phenoxy) is 1. The number of benzene rings is 2. The lowest BCUT2D eigenvalue weighted by Crippen LogP contribution is -2.16. The molecule has 0 radical (unpaired) electrons. The second kappa shape index (κ2) is 7.98. The van der Waals surface area contributed by atoms with Crippen LogP contribution in [0.3, 0.4) is 0 Å². The molecule has 0 aliphatic heterocycles. The monoisotopic (exact) mass is 313 g/mol. The minimum Gasteiger partial charge on any atom is -0.494 e. The van der Waals surface area contributed by atoms with Gasteiger partial charge in [-0.25, -0.2) is 4.79 Å². The third-order valence-corrected chi connectivity index (χ3v) is 3.28. The third-order valence-electron chi connectivity index (χ3n) is 3.28. The number of carboxylic acid groups (broad SMARTS) is 1. The minimum absolute atomic E-state index is 0.0236. The van der Waals surface area contributed by atoms with Crippen molar-refractivity contribution in [3.8, 4) is 5.75 Å². The molecule has 1 amide bonds. The molecular formula is C18H19NO4. The average Bonchev–Trinajstić information content (AvgIpc) is 2.56. The SMILES string of the molecule is CCCCOc1ccc(NC(=O)c2ccccc2C(=O)O)cc1. The van der Waals surface area contributed by atoms with Crippen molar-refractivity contribution >= 4 is 17.6 Å². The fourth-order valence-corrected chi connectivity index (χ4v) is 2.03. The molecule has 0 bridgehead atoms. The Balaban J connectivity index is 2.05. The predicted molar refractivity (Wildman–Crippen MR) is 88.2 cm³/mol. The molecule has 120 valence electrons. The molecule has 2 rings (SSSR count). The van der Waals surface area contributed by atoms with E-state index < -0.39 is 11.9 Å². The van der Waals surface area contributed by atoms with Gasteiger partial charge in [0.1, 0.15) is 5.75 Å². The van der Waals surface area contributed by atoms with Gasteiger partial charge in [-0.15, -0.1) is 0 Å². The van der Waals surface area contributed by atoms with E-state index in [4.69, 9.17) is 9.84 Å². The van der Waals surface area contributed by atoms with Gasteiger partial charge in [-0.2, -0.15) is 0 Å².